The second-order valence-electron chi connectivity index (χ2n) is 34.4. The fraction of sp³-hybridized carbons (Fsp3) is 0. The Kier molecular flexibility index (Phi) is 20.6. The Bertz CT molecular complexity index is 9230. The lowest BCUT2D eigenvalue weighted by molar-refractivity contribution is 0.658. The molecule has 12 nitrogen and oxygen atoms in total. The van der Waals surface area contributed by atoms with Gasteiger partial charge < -0.3 is 13.3 Å². The molecule has 0 fully saturated rings. The number of aromatic nitrogens is 9. The molecule has 0 saturated heterocycles. The number of hydrogen-bond acceptors (Lipinski definition) is 9. The van der Waals surface area contributed by atoms with Crippen molar-refractivity contribution in [2.24, 2.45) is 0 Å². The first-order valence-electron chi connectivity index (χ1n) is 46.3. The largest absolute Gasteiger partial charge is 0.438 e. The molecular formula is C126H81N9O3. The van der Waals surface area contributed by atoms with E-state index in [9.17, 15) is 0 Å². The molecule has 0 bridgehead atoms. The maximum absolute atomic E-state index is 6.51. The van der Waals surface area contributed by atoms with E-state index in [1.807, 2.05) is 109 Å². The minimum atomic E-state index is 0.692. The minimum absolute atomic E-state index is 0.692. The highest BCUT2D eigenvalue weighted by atomic mass is 16.4. The molecule has 0 aliphatic heterocycles. The SMILES string of the molecule is c1ccc(-c2ccc(-c3cc(-c4ccc(-c5c6ccccc6n6c5oc5ccccc56)cc4)nc(-c4ccccc4)n3)cc2)cc1.c1ccc(-c2ccc(-c3cc(-c4cccc(-c5c6ccccc6n6c5oc5ccccc56)c4)nc(-c4ccccc4)n3)cc2)cc1.c1ccc(-c2cccc(-c3cc(-c4cccc(-c5c6ccccc6n6c5oc5ccccc56)c4)nc(-c4ccccc4)n3)c2)cc1. The normalized spacial score (nSPS) is 11.5. The molecule has 0 saturated carbocycles. The summed E-state index contributed by atoms with van der Waals surface area (Å²) in [6, 6.07) is 170. The Morgan fingerprint density at radius 1 is 0.138 bits per heavy atom. The summed E-state index contributed by atoms with van der Waals surface area (Å²) in [5.41, 5.74) is 39.6. The third kappa shape index (κ3) is 15.2. The molecule has 0 spiro atoms. The Labute approximate surface area is 794 Å². The predicted octanol–water partition coefficient (Wildman–Crippen LogP) is 32.9. The second kappa shape index (κ2) is 35.1. The lowest BCUT2D eigenvalue weighted by Gasteiger charge is -2.11. The van der Waals surface area contributed by atoms with E-state index in [1.165, 1.54) is 27.8 Å². The summed E-state index contributed by atoms with van der Waals surface area (Å²) in [5.74, 6) is 2.09. The van der Waals surface area contributed by atoms with E-state index in [1.54, 1.807) is 0 Å². The number of oxazole rings is 3. The van der Waals surface area contributed by atoms with Crippen LogP contribution in [-0.4, -0.2) is 43.1 Å². The summed E-state index contributed by atoms with van der Waals surface area (Å²) < 4.78 is 26.1. The van der Waals surface area contributed by atoms with E-state index >= 15 is 0 Å². The first-order valence-corrected chi connectivity index (χ1v) is 46.3. The quantitative estimate of drug-likeness (QED) is 0.0985. The standard InChI is InChI=1S/3C42H27N3O/c1-3-13-28(14-4-1)30-17-11-18-31(25-30)35-27-36(44-41(43-35)29-15-5-2-6-16-29)32-19-12-20-33(26-32)40-34-21-7-8-22-37(34)45-38-23-9-10-24-39(38)46-42(40)45;1-3-12-28(13-4-1)29-22-24-30(25-23-29)35-27-36(44-41(43-35)31-14-5-2-6-15-31)32-16-11-17-33(26-32)40-34-18-7-8-19-37(34)45-38-20-9-10-21-39(38)46-42(40)45;1-3-11-28(12-4-1)29-19-21-30(22-20-29)35-27-36(44-41(43-35)33-13-5-2-6-14-33)31-23-25-32(26-24-31)40-34-15-7-8-16-37(34)45-38-17-9-10-18-39(38)46-42(40)45/h3*1-27H. The molecule has 9 heterocycles. The summed E-state index contributed by atoms with van der Waals surface area (Å²) in [5, 5.41) is 3.46. The zero-order chi connectivity index (χ0) is 91.4. The fourth-order valence-electron chi connectivity index (χ4n) is 19.3. The minimum Gasteiger partial charge on any atom is -0.438 e. The van der Waals surface area contributed by atoms with Gasteiger partial charge >= 0.3 is 0 Å². The van der Waals surface area contributed by atoms with Gasteiger partial charge in [-0.15, -0.1) is 0 Å². The smallest absolute Gasteiger partial charge is 0.213 e. The molecule has 0 unspecified atom stereocenters. The van der Waals surface area contributed by atoms with Crippen LogP contribution in [0.2, 0.25) is 0 Å². The number of nitrogens with zero attached hydrogens (tertiary/aromatic N) is 9. The zero-order valence-corrected chi connectivity index (χ0v) is 74.5. The van der Waals surface area contributed by atoms with Gasteiger partial charge in [-0.05, 0) is 141 Å². The van der Waals surface area contributed by atoms with Gasteiger partial charge in [0.15, 0.2) is 34.2 Å². The molecule has 18 aromatic carbocycles. The van der Waals surface area contributed by atoms with E-state index < -0.39 is 0 Å². The van der Waals surface area contributed by atoms with Crippen molar-refractivity contribution < 1.29 is 13.3 Å². The van der Waals surface area contributed by atoms with Crippen molar-refractivity contribution in [2.75, 3.05) is 0 Å². The summed E-state index contributed by atoms with van der Waals surface area (Å²) in [7, 11) is 0. The Balaban J connectivity index is 0.000000110. The molecule has 27 rings (SSSR count). The number of fused-ring (bicyclic) bond motifs is 15. The molecule has 12 heteroatoms. The van der Waals surface area contributed by atoms with E-state index in [-0.39, 0.29) is 0 Å². The highest BCUT2D eigenvalue weighted by Crippen LogP contribution is 2.46. The van der Waals surface area contributed by atoms with Gasteiger partial charge in [-0.2, -0.15) is 0 Å². The molecule has 0 atom stereocenters. The van der Waals surface area contributed by atoms with Gasteiger partial charge in [-0.3, -0.25) is 13.2 Å². The monoisotopic (exact) mass is 1770 g/mol. The summed E-state index contributed by atoms with van der Waals surface area (Å²) in [4.78, 5) is 30.4. The van der Waals surface area contributed by atoms with Crippen LogP contribution in [0.15, 0.2) is 505 Å². The number of para-hydroxylation sites is 9. The third-order valence-corrected chi connectivity index (χ3v) is 25.9. The molecule has 0 aliphatic rings. The molecule has 9 aromatic heterocycles. The predicted molar refractivity (Wildman–Crippen MR) is 562 cm³/mol. The van der Waals surface area contributed by atoms with Crippen LogP contribution in [0.3, 0.4) is 0 Å². The molecular weight excluding hydrogens is 1690 g/mol. The zero-order valence-electron chi connectivity index (χ0n) is 74.5. The third-order valence-electron chi connectivity index (χ3n) is 25.9. The van der Waals surface area contributed by atoms with E-state index in [4.69, 9.17) is 43.2 Å². The van der Waals surface area contributed by atoms with Gasteiger partial charge in [0.2, 0.25) is 17.1 Å². The average molecular weight is 1770 g/mol. The van der Waals surface area contributed by atoms with Crippen LogP contribution in [0.5, 0.6) is 0 Å². The van der Waals surface area contributed by atoms with Crippen LogP contribution in [-0.2, 0) is 0 Å². The van der Waals surface area contributed by atoms with Crippen molar-refractivity contribution in [3.05, 3.63) is 491 Å². The molecule has 0 radical (unpaired) electrons. The molecule has 0 amide bonds. The van der Waals surface area contributed by atoms with Crippen molar-refractivity contribution in [1.82, 2.24) is 43.1 Å². The van der Waals surface area contributed by atoms with E-state index in [2.05, 4.69) is 395 Å². The highest BCUT2D eigenvalue weighted by molar-refractivity contribution is 6.10. The Morgan fingerprint density at radius 3 is 0.652 bits per heavy atom. The van der Waals surface area contributed by atoms with Crippen molar-refractivity contribution in [3.63, 3.8) is 0 Å². The van der Waals surface area contributed by atoms with E-state index in [0.717, 1.165) is 206 Å². The van der Waals surface area contributed by atoms with Crippen LogP contribution < -0.4 is 0 Å². The summed E-state index contributed by atoms with van der Waals surface area (Å²) >= 11 is 0. The van der Waals surface area contributed by atoms with E-state index in [0.29, 0.717) is 17.5 Å². The van der Waals surface area contributed by atoms with Gasteiger partial charge in [-0.1, -0.05) is 400 Å². The van der Waals surface area contributed by atoms with Gasteiger partial charge in [-0.25, -0.2) is 29.9 Å². The molecule has 138 heavy (non-hydrogen) atoms. The number of hydrogen-bond donors (Lipinski definition) is 0. The molecule has 648 valence electrons. The lowest BCUT2D eigenvalue weighted by Crippen LogP contribution is -1.96. The van der Waals surface area contributed by atoms with Crippen LogP contribution >= 0.6 is 0 Å². The van der Waals surface area contributed by atoms with Crippen molar-refractivity contribution in [2.45, 2.75) is 0 Å². The number of benzene rings is 18. The topological polar surface area (TPSA) is 130 Å². The maximum Gasteiger partial charge on any atom is 0.213 e. The Morgan fingerprint density at radius 2 is 0.341 bits per heavy atom. The number of rotatable bonds is 15. The first-order chi connectivity index (χ1) is 68.4. The fourth-order valence-corrected chi connectivity index (χ4v) is 19.3. The summed E-state index contributed by atoms with van der Waals surface area (Å²) in [6.45, 7) is 0. The van der Waals surface area contributed by atoms with Crippen molar-refractivity contribution in [1.29, 1.82) is 0 Å². The van der Waals surface area contributed by atoms with Crippen molar-refractivity contribution in [3.8, 4) is 168 Å². The second-order valence-corrected chi connectivity index (χ2v) is 34.4. The molecule has 27 aromatic rings. The maximum atomic E-state index is 6.51. The summed E-state index contributed by atoms with van der Waals surface area (Å²) in [6.07, 6.45) is 0. The van der Waals surface area contributed by atoms with Gasteiger partial charge in [0.25, 0.3) is 0 Å². The van der Waals surface area contributed by atoms with Crippen LogP contribution in [0.25, 0.3) is 252 Å². The van der Waals surface area contributed by atoms with Crippen molar-refractivity contribution >= 4 is 83.1 Å². The van der Waals surface area contributed by atoms with Crippen LogP contribution in [0.4, 0.5) is 0 Å². The average Bonchev–Trinajstić information content (AvgIpc) is 1.57. The molecule has 0 aliphatic carbocycles. The van der Waals surface area contributed by atoms with Crippen LogP contribution in [0.1, 0.15) is 0 Å². The molecule has 0 N–H and O–H groups in total. The van der Waals surface area contributed by atoms with Crippen LogP contribution in [0, 0.1) is 0 Å². The van der Waals surface area contributed by atoms with Gasteiger partial charge in [0, 0.05) is 66.2 Å². The first kappa shape index (κ1) is 81.2. The van der Waals surface area contributed by atoms with Gasteiger partial charge in [0.05, 0.1) is 84.0 Å². The Hall–Kier alpha value is -18.8. The lowest BCUT2D eigenvalue weighted by atomic mass is 9.99. The highest BCUT2D eigenvalue weighted by Gasteiger charge is 2.26. The van der Waals surface area contributed by atoms with Gasteiger partial charge in [0.1, 0.15) is 0 Å².